The number of hydrogen-bond acceptors (Lipinski definition) is 4. The summed E-state index contributed by atoms with van der Waals surface area (Å²) < 4.78 is 13.5. The van der Waals surface area contributed by atoms with E-state index in [9.17, 15) is 0 Å². The summed E-state index contributed by atoms with van der Waals surface area (Å²) >= 11 is 12.3. The summed E-state index contributed by atoms with van der Waals surface area (Å²) in [5.41, 5.74) is 7.49. The third-order valence-electron chi connectivity index (χ3n) is 6.93. The number of thiocarbonyl (C=S) groups is 1. The van der Waals surface area contributed by atoms with Crippen LogP contribution in [0.25, 0.3) is 5.69 Å². The molecule has 0 amide bonds. The van der Waals surface area contributed by atoms with Crippen LogP contribution in [-0.2, 0) is 0 Å². The van der Waals surface area contributed by atoms with Gasteiger partial charge in [0.05, 0.1) is 17.8 Å². The Balaban J connectivity index is 1.53. The molecule has 4 aromatic rings. The largest absolute Gasteiger partial charge is 0.454 e. The minimum atomic E-state index is -0.140. The Morgan fingerprint density at radius 3 is 2.64 bits per heavy atom. The molecular formula is C28H25ClN4O2S. The maximum atomic E-state index is 6.40. The van der Waals surface area contributed by atoms with Crippen molar-refractivity contribution < 1.29 is 9.47 Å². The van der Waals surface area contributed by atoms with Gasteiger partial charge in [0, 0.05) is 40.0 Å². The van der Waals surface area contributed by atoms with Crippen molar-refractivity contribution in [2.24, 2.45) is 0 Å². The summed E-state index contributed by atoms with van der Waals surface area (Å²) in [6.45, 7) is 6.60. The van der Waals surface area contributed by atoms with Gasteiger partial charge in [-0.15, -0.1) is 0 Å². The van der Waals surface area contributed by atoms with E-state index in [1.165, 1.54) is 0 Å². The van der Waals surface area contributed by atoms with E-state index >= 15 is 0 Å². The number of aryl methyl sites for hydroxylation is 2. The van der Waals surface area contributed by atoms with E-state index in [-0.39, 0.29) is 18.9 Å². The van der Waals surface area contributed by atoms with Gasteiger partial charge in [0.25, 0.3) is 0 Å². The minimum Gasteiger partial charge on any atom is -0.454 e. The van der Waals surface area contributed by atoms with Crippen LogP contribution >= 0.6 is 23.8 Å². The number of nitrogens with zero attached hydrogens (tertiary/aromatic N) is 3. The lowest BCUT2D eigenvalue weighted by Gasteiger charge is -2.28. The zero-order valence-corrected chi connectivity index (χ0v) is 21.7. The van der Waals surface area contributed by atoms with E-state index in [1.807, 2.05) is 54.7 Å². The lowest BCUT2D eigenvalue weighted by atomic mass is 9.96. The molecule has 2 aromatic heterocycles. The summed E-state index contributed by atoms with van der Waals surface area (Å²) in [6, 6.07) is 19.9. The quantitative estimate of drug-likeness (QED) is 0.319. The molecule has 1 N–H and O–H groups in total. The van der Waals surface area contributed by atoms with Crippen molar-refractivity contribution in [3.05, 3.63) is 100 Å². The molecule has 0 aliphatic carbocycles. The van der Waals surface area contributed by atoms with E-state index in [2.05, 4.69) is 52.7 Å². The van der Waals surface area contributed by atoms with Crippen molar-refractivity contribution in [3.8, 4) is 17.2 Å². The monoisotopic (exact) mass is 516 g/mol. The SMILES string of the molecule is Cc1ccc(Cl)cc1-n1c(C)cc(C2C(c3ccccn3)NC(=S)N2c2ccc3c(c2)OCO3)c1C. The van der Waals surface area contributed by atoms with Gasteiger partial charge in [-0.2, -0.15) is 0 Å². The van der Waals surface area contributed by atoms with Crippen molar-refractivity contribution in [1.29, 1.82) is 0 Å². The molecule has 182 valence electrons. The zero-order valence-electron chi connectivity index (χ0n) is 20.2. The standard InChI is InChI=1S/C28H25ClN4O2S/c1-16-7-8-19(29)13-23(16)32-17(2)12-21(18(32)3)27-26(22-6-4-5-11-30-22)31-28(36)33(27)20-9-10-24-25(14-20)35-15-34-24/h4-14,26-27H,15H2,1-3H3,(H,31,36). The Bertz CT molecular complexity index is 1490. The fourth-order valence-electron chi connectivity index (χ4n) is 5.27. The first kappa shape index (κ1) is 22.9. The molecule has 6 rings (SSSR count). The number of aromatic nitrogens is 2. The molecule has 0 spiro atoms. The number of hydrogen-bond donors (Lipinski definition) is 1. The third-order valence-corrected chi connectivity index (χ3v) is 7.48. The highest BCUT2D eigenvalue weighted by Crippen LogP contribution is 2.46. The smallest absolute Gasteiger partial charge is 0.231 e. The second-order valence-corrected chi connectivity index (χ2v) is 9.95. The maximum absolute atomic E-state index is 6.40. The summed E-state index contributed by atoms with van der Waals surface area (Å²) in [5.74, 6) is 1.46. The summed E-state index contributed by atoms with van der Waals surface area (Å²) in [6.07, 6.45) is 1.82. The molecule has 1 fully saturated rings. The summed E-state index contributed by atoms with van der Waals surface area (Å²) in [5, 5.41) is 4.89. The number of nitrogens with one attached hydrogen (secondary N) is 1. The van der Waals surface area contributed by atoms with Crippen LogP contribution in [0.5, 0.6) is 11.5 Å². The van der Waals surface area contributed by atoms with E-state index in [0.717, 1.165) is 51.1 Å². The first-order valence-electron chi connectivity index (χ1n) is 11.8. The van der Waals surface area contributed by atoms with Crippen molar-refractivity contribution in [3.63, 3.8) is 0 Å². The van der Waals surface area contributed by atoms with E-state index in [0.29, 0.717) is 10.1 Å². The molecule has 0 saturated carbocycles. The Kier molecular flexibility index (Phi) is 5.62. The lowest BCUT2D eigenvalue weighted by Crippen LogP contribution is -2.29. The van der Waals surface area contributed by atoms with Gasteiger partial charge in [-0.05, 0) is 86.6 Å². The van der Waals surface area contributed by atoms with Crippen LogP contribution in [0.1, 0.15) is 40.3 Å². The Labute approximate surface area is 220 Å². The molecule has 2 unspecified atom stereocenters. The first-order valence-corrected chi connectivity index (χ1v) is 12.6. The van der Waals surface area contributed by atoms with Gasteiger partial charge >= 0.3 is 0 Å². The molecule has 0 radical (unpaired) electrons. The number of rotatable bonds is 4. The Morgan fingerprint density at radius 2 is 1.83 bits per heavy atom. The molecule has 8 heteroatoms. The van der Waals surface area contributed by atoms with E-state index in [1.54, 1.807) is 0 Å². The van der Waals surface area contributed by atoms with Crippen LogP contribution in [0.15, 0.2) is 66.9 Å². The van der Waals surface area contributed by atoms with Gasteiger partial charge in [-0.1, -0.05) is 23.7 Å². The second kappa shape index (κ2) is 8.84. The van der Waals surface area contributed by atoms with Crippen LogP contribution in [0, 0.1) is 20.8 Å². The zero-order chi connectivity index (χ0) is 25.0. The first-order chi connectivity index (χ1) is 17.4. The normalized spacial score (nSPS) is 18.6. The van der Waals surface area contributed by atoms with Gasteiger partial charge in [0.2, 0.25) is 6.79 Å². The van der Waals surface area contributed by atoms with Crippen molar-refractivity contribution in [1.82, 2.24) is 14.9 Å². The fourth-order valence-corrected chi connectivity index (χ4v) is 5.78. The molecule has 1 saturated heterocycles. The Hall–Kier alpha value is -3.55. The summed E-state index contributed by atoms with van der Waals surface area (Å²) in [4.78, 5) is 6.84. The second-order valence-electron chi connectivity index (χ2n) is 9.13. The number of halogens is 1. The predicted octanol–water partition coefficient (Wildman–Crippen LogP) is 6.36. The molecule has 2 atom stereocenters. The number of pyridine rings is 1. The van der Waals surface area contributed by atoms with Crippen LogP contribution in [0.2, 0.25) is 5.02 Å². The molecule has 4 heterocycles. The van der Waals surface area contributed by atoms with Gasteiger partial charge < -0.3 is 24.3 Å². The van der Waals surface area contributed by atoms with E-state index < -0.39 is 0 Å². The lowest BCUT2D eigenvalue weighted by molar-refractivity contribution is 0.174. The van der Waals surface area contributed by atoms with Gasteiger partial charge in [-0.25, -0.2) is 0 Å². The highest BCUT2D eigenvalue weighted by molar-refractivity contribution is 7.80. The van der Waals surface area contributed by atoms with Crippen molar-refractivity contribution in [2.45, 2.75) is 32.9 Å². The van der Waals surface area contributed by atoms with Crippen molar-refractivity contribution >= 4 is 34.6 Å². The molecular weight excluding hydrogens is 492 g/mol. The highest BCUT2D eigenvalue weighted by atomic mass is 35.5. The molecule has 2 aliphatic heterocycles. The number of benzene rings is 2. The molecule has 36 heavy (non-hydrogen) atoms. The van der Waals surface area contributed by atoms with Gasteiger partial charge in [-0.3, -0.25) is 4.98 Å². The summed E-state index contributed by atoms with van der Waals surface area (Å²) in [7, 11) is 0. The van der Waals surface area contributed by atoms with Crippen LogP contribution < -0.4 is 19.7 Å². The van der Waals surface area contributed by atoms with Crippen LogP contribution in [-0.4, -0.2) is 21.5 Å². The maximum Gasteiger partial charge on any atom is 0.231 e. The Morgan fingerprint density at radius 1 is 1.00 bits per heavy atom. The highest BCUT2D eigenvalue weighted by Gasteiger charge is 2.42. The number of fused-ring (bicyclic) bond motifs is 1. The minimum absolute atomic E-state index is 0.132. The van der Waals surface area contributed by atoms with Gasteiger partial charge in [0.15, 0.2) is 16.6 Å². The molecule has 0 bridgehead atoms. The topological polar surface area (TPSA) is 51.6 Å². The third kappa shape index (κ3) is 3.70. The van der Waals surface area contributed by atoms with Crippen molar-refractivity contribution in [2.75, 3.05) is 11.7 Å². The van der Waals surface area contributed by atoms with E-state index in [4.69, 9.17) is 33.3 Å². The molecule has 2 aliphatic rings. The average molecular weight is 517 g/mol. The average Bonchev–Trinajstić information content (AvgIpc) is 3.56. The van der Waals surface area contributed by atoms with Crippen LogP contribution in [0.4, 0.5) is 5.69 Å². The fraction of sp³-hybridized carbons (Fsp3) is 0.214. The predicted molar refractivity (Wildman–Crippen MR) is 145 cm³/mol. The number of ether oxygens (including phenoxy) is 2. The number of anilines is 1. The van der Waals surface area contributed by atoms with Crippen LogP contribution in [0.3, 0.4) is 0 Å². The molecule has 2 aromatic carbocycles. The van der Waals surface area contributed by atoms with Gasteiger partial charge in [0.1, 0.15) is 0 Å². The molecule has 6 nitrogen and oxygen atoms in total.